The van der Waals surface area contributed by atoms with E-state index in [9.17, 15) is 0 Å². The van der Waals surface area contributed by atoms with Crippen LogP contribution in [0.25, 0.3) is 10.4 Å². The molecule has 1 rings (SSSR count). The highest BCUT2D eigenvalue weighted by molar-refractivity contribution is 4.91. The summed E-state index contributed by atoms with van der Waals surface area (Å²) in [6.07, 6.45) is 3.85. The van der Waals surface area contributed by atoms with Gasteiger partial charge in [-0.2, -0.15) is 0 Å². The van der Waals surface area contributed by atoms with E-state index in [2.05, 4.69) is 10.0 Å². The van der Waals surface area contributed by atoms with Crippen LogP contribution in [-0.2, 0) is 11.3 Å². The fourth-order valence-corrected chi connectivity index (χ4v) is 1.12. The Kier molecular flexibility index (Phi) is 3.88. The van der Waals surface area contributed by atoms with E-state index in [1.165, 1.54) is 0 Å². The minimum Gasteiger partial charge on any atom is -0.384 e. The molecule has 0 aliphatic heterocycles. The van der Waals surface area contributed by atoms with E-state index >= 15 is 0 Å². The summed E-state index contributed by atoms with van der Waals surface area (Å²) in [5.74, 6) is 0. The van der Waals surface area contributed by atoms with Gasteiger partial charge in [-0.1, -0.05) is 5.11 Å². The summed E-state index contributed by atoms with van der Waals surface area (Å²) in [6.45, 7) is 1.10. The molecular weight excluding hydrogens is 168 g/mol. The predicted octanol–water partition coefficient (Wildman–Crippen LogP) is 1.81. The SMILES string of the molecule is COC[C@H](Cn1cccc1)N=[N+]=[N-]. The van der Waals surface area contributed by atoms with Crippen molar-refractivity contribution in [2.45, 2.75) is 12.6 Å². The topological polar surface area (TPSA) is 62.9 Å². The van der Waals surface area contributed by atoms with Crippen LogP contribution < -0.4 is 0 Å². The third-order valence-electron chi connectivity index (χ3n) is 1.66. The molecule has 0 fully saturated rings. The molecule has 0 unspecified atom stereocenters. The number of rotatable bonds is 5. The highest BCUT2D eigenvalue weighted by atomic mass is 16.5. The van der Waals surface area contributed by atoms with Crippen LogP contribution in [0.4, 0.5) is 0 Å². The fourth-order valence-electron chi connectivity index (χ4n) is 1.12. The van der Waals surface area contributed by atoms with E-state index < -0.39 is 0 Å². The van der Waals surface area contributed by atoms with Gasteiger partial charge in [-0.25, -0.2) is 0 Å². The van der Waals surface area contributed by atoms with Crippen molar-refractivity contribution in [3.63, 3.8) is 0 Å². The molecule has 5 nitrogen and oxygen atoms in total. The molecule has 1 aromatic heterocycles. The number of methoxy groups -OCH3 is 1. The van der Waals surface area contributed by atoms with Crippen LogP contribution >= 0.6 is 0 Å². The minimum atomic E-state index is -0.137. The van der Waals surface area contributed by atoms with Crippen molar-refractivity contribution in [3.05, 3.63) is 35.0 Å². The van der Waals surface area contributed by atoms with Crippen molar-refractivity contribution in [3.8, 4) is 0 Å². The summed E-state index contributed by atoms with van der Waals surface area (Å²) >= 11 is 0. The summed E-state index contributed by atoms with van der Waals surface area (Å²) in [5.41, 5.74) is 8.29. The molecular formula is C8H12N4O. The van der Waals surface area contributed by atoms with Gasteiger partial charge in [-0.05, 0) is 17.7 Å². The lowest BCUT2D eigenvalue weighted by molar-refractivity contribution is 0.174. The molecule has 13 heavy (non-hydrogen) atoms. The van der Waals surface area contributed by atoms with Gasteiger partial charge >= 0.3 is 0 Å². The molecule has 0 spiro atoms. The first kappa shape index (κ1) is 9.64. The maximum atomic E-state index is 8.29. The first-order valence-electron chi connectivity index (χ1n) is 4.00. The Bertz CT molecular complexity index is 276. The van der Waals surface area contributed by atoms with E-state index in [0.29, 0.717) is 13.2 Å². The van der Waals surface area contributed by atoms with Gasteiger partial charge in [0.05, 0.1) is 12.6 Å². The van der Waals surface area contributed by atoms with Crippen LogP contribution in [0.15, 0.2) is 29.6 Å². The molecule has 0 saturated heterocycles. The van der Waals surface area contributed by atoms with E-state index in [0.717, 1.165) is 0 Å². The quantitative estimate of drug-likeness (QED) is 0.387. The van der Waals surface area contributed by atoms with Crippen LogP contribution in [0.2, 0.25) is 0 Å². The molecule has 1 heterocycles. The van der Waals surface area contributed by atoms with Crippen molar-refractivity contribution in [1.29, 1.82) is 0 Å². The molecule has 0 radical (unpaired) electrons. The average molecular weight is 180 g/mol. The zero-order valence-corrected chi connectivity index (χ0v) is 7.50. The van der Waals surface area contributed by atoms with Crippen molar-refractivity contribution >= 4 is 0 Å². The Balaban J connectivity index is 2.52. The maximum absolute atomic E-state index is 8.29. The molecule has 1 aromatic rings. The maximum Gasteiger partial charge on any atom is 0.0786 e. The summed E-state index contributed by atoms with van der Waals surface area (Å²) in [4.78, 5) is 2.77. The van der Waals surface area contributed by atoms with Crippen molar-refractivity contribution in [1.82, 2.24) is 4.57 Å². The summed E-state index contributed by atoms with van der Waals surface area (Å²) in [5, 5.41) is 3.62. The lowest BCUT2D eigenvalue weighted by atomic mass is 10.3. The van der Waals surface area contributed by atoms with Gasteiger partial charge in [0.1, 0.15) is 0 Å². The third kappa shape index (κ3) is 3.19. The molecule has 0 bridgehead atoms. The van der Waals surface area contributed by atoms with Crippen LogP contribution in [0.1, 0.15) is 0 Å². The number of aromatic nitrogens is 1. The summed E-state index contributed by atoms with van der Waals surface area (Å²) in [7, 11) is 1.59. The third-order valence-corrected chi connectivity index (χ3v) is 1.66. The Morgan fingerprint density at radius 2 is 2.23 bits per heavy atom. The molecule has 0 saturated carbocycles. The Labute approximate surface area is 76.6 Å². The Hall–Kier alpha value is -1.45. The molecule has 0 N–H and O–H groups in total. The average Bonchev–Trinajstić information content (AvgIpc) is 2.58. The van der Waals surface area contributed by atoms with E-state index in [1.807, 2.05) is 29.1 Å². The largest absolute Gasteiger partial charge is 0.384 e. The van der Waals surface area contributed by atoms with Gasteiger partial charge in [-0.15, -0.1) is 0 Å². The van der Waals surface area contributed by atoms with Crippen molar-refractivity contribution in [2.75, 3.05) is 13.7 Å². The van der Waals surface area contributed by atoms with Crippen LogP contribution in [0.5, 0.6) is 0 Å². The summed E-state index contributed by atoms with van der Waals surface area (Å²) in [6, 6.07) is 3.72. The minimum absolute atomic E-state index is 0.137. The first-order chi connectivity index (χ1) is 6.36. The standard InChI is InChI=1S/C8H12N4O/c1-13-7-8(10-11-9)6-12-4-2-3-5-12/h2-5,8H,6-7H2,1H3/t8-/m0/s1. The van der Waals surface area contributed by atoms with Gasteiger partial charge < -0.3 is 9.30 Å². The Morgan fingerprint density at radius 1 is 1.54 bits per heavy atom. The number of hydrogen-bond acceptors (Lipinski definition) is 2. The molecule has 0 amide bonds. The normalized spacial score (nSPS) is 12.1. The second-order valence-corrected chi connectivity index (χ2v) is 2.69. The van der Waals surface area contributed by atoms with Crippen LogP contribution in [0, 0.1) is 0 Å². The fraction of sp³-hybridized carbons (Fsp3) is 0.500. The van der Waals surface area contributed by atoms with Gasteiger partial charge in [0.2, 0.25) is 0 Å². The molecule has 0 aliphatic carbocycles. The van der Waals surface area contributed by atoms with Crippen LogP contribution in [-0.4, -0.2) is 24.3 Å². The van der Waals surface area contributed by atoms with Gasteiger partial charge in [-0.3, -0.25) is 0 Å². The highest BCUT2D eigenvalue weighted by Crippen LogP contribution is 1.99. The van der Waals surface area contributed by atoms with Gasteiger partial charge in [0.25, 0.3) is 0 Å². The molecule has 0 aromatic carbocycles. The molecule has 70 valence electrons. The highest BCUT2D eigenvalue weighted by Gasteiger charge is 2.05. The number of azide groups is 1. The second-order valence-electron chi connectivity index (χ2n) is 2.69. The van der Waals surface area contributed by atoms with E-state index in [4.69, 9.17) is 10.3 Å². The molecule has 5 heteroatoms. The van der Waals surface area contributed by atoms with E-state index in [-0.39, 0.29) is 6.04 Å². The van der Waals surface area contributed by atoms with Gasteiger partial charge in [0, 0.05) is 31.0 Å². The lowest BCUT2D eigenvalue weighted by Gasteiger charge is -2.10. The smallest absolute Gasteiger partial charge is 0.0786 e. The predicted molar refractivity (Wildman–Crippen MR) is 49.2 cm³/mol. The molecule has 0 aliphatic rings. The zero-order chi connectivity index (χ0) is 9.52. The second kappa shape index (κ2) is 5.24. The first-order valence-corrected chi connectivity index (χ1v) is 4.00. The van der Waals surface area contributed by atoms with Crippen LogP contribution in [0.3, 0.4) is 0 Å². The Morgan fingerprint density at radius 3 is 2.77 bits per heavy atom. The van der Waals surface area contributed by atoms with E-state index in [1.54, 1.807) is 7.11 Å². The number of hydrogen-bond donors (Lipinski definition) is 0. The molecule has 1 atom stereocenters. The zero-order valence-electron chi connectivity index (χ0n) is 7.50. The monoisotopic (exact) mass is 180 g/mol. The number of ether oxygens (including phenoxy) is 1. The summed E-state index contributed by atoms with van der Waals surface area (Å²) < 4.78 is 6.88. The van der Waals surface area contributed by atoms with Crippen molar-refractivity contribution in [2.24, 2.45) is 5.11 Å². The van der Waals surface area contributed by atoms with Gasteiger partial charge in [0.15, 0.2) is 0 Å². The number of nitrogens with zero attached hydrogens (tertiary/aromatic N) is 4. The lowest BCUT2D eigenvalue weighted by Crippen LogP contribution is -2.18. The van der Waals surface area contributed by atoms with Crippen molar-refractivity contribution < 1.29 is 4.74 Å².